The molecule has 0 atom stereocenters. The summed E-state index contributed by atoms with van der Waals surface area (Å²) in [7, 11) is 0. The predicted octanol–water partition coefficient (Wildman–Crippen LogP) is 1.38. The molecule has 0 aliphatic heterocycles. The summed E-state index contributed by atoms with van der Waals surface area (Å²) in [5.41, 5.74) is 5.09. The molecule has 2 N–H and O–H groups in total. The maximum atomic E-state index is 9.82. The molecule has 0 aromatic rings. The third kappa shape index (κ3) is 16.0. The number of carbonyl (C=O) groups is 2. The smallest absolute Gasteiger partial charge is 0.244 e. The SMILES string of the molecule is C=C(C)C(N)=O.CC=CC(=O)Cl. The van der Waals surface area contributed by atoms with Crippen molar-refractivity contribution in [3.63, 3.8) is 0 Å². The molecule has 0 spiro atoms. The van der Waals surface area contributed by atoms with Crippen LogP contribution in [0.1, 0.15) is 13.8 Å². The first-order chi connectivity index (χ1) is 5.41. The molecule has 12 heavy (non-hydrogen) atoms. The first-order valence-electron chi connectivity index (χ1n) is 3.19. The molecule has 0 aromatic heterocycles. The first kappa shape index (κ1) is 13.5. The molecular weight excluding hydrogens is 178 g/mol. The minimum absolute atomic E-state index is 0.398. The molecule has 0 aliphatic rings. The predicted molar refractivity (Wildman–Crippen MR) is 49.7 cm³/mol. The number of amides is 1. The summed E-state index contributed by atoms with van der Waals surface area (Å²) in [4.78, 5) is 19.5. The summed E-state index contributed by atoms with van der Waals surface area (Å²) in [5.74, 6) is -0.435. The Labute approximate surface area is 76.9 Å². The maximum Gasteiger partial charge on any atom is 0.244 e. The van der Waals surface area contributed by atoms with Crippen molar-refractivity contribution in [2.45, 2.75) is 13.8 Å². The van der Waals surface area contributed by atoms with Gasteiger partial charge in [0.25, 0.3) is 0 Å². The summed E-state index contributed by atoms with van der Waals surface area (Å²) in [6, 6.07) is 0. The van der Waals surface area contributed by atoms with Gasteiger partial charge < -0.3 is 5.73 Å². The lowest BCUT2D eigenvalue weighted by molar-refractivity contribution is -0.114. The van der Waals surface area contributed by atoms with Gasteiger partial charge >= 0.3 is 0 Å². The number of primary amides is 1. The number of halogens is 1. The van der Waals surface area contributed by atoms with Crippen LogP contribution < -0.4 is 5.73 Å². The van der Waals surface area contributed by atoms with Crippen LogP contribution in [0, 0.1) is 0 Å². The van der Waals surface area contributed by atoms with E-state index in [-0.39, 0.29) is 0 Å². The van der Waals surface area contributed by atoms with Gasteiger partial charge in [0.05, 0.1) is 0 Å². The molecular formula is C8H12ClNO2. The Balaban J connectivity index is 0. The Morgan fingerprint density at radius 3 is 1.83 bits per heavy atom. The van der Waals surface area contributed by atoms with Crippen LogP contribution in [-0.4, -0.2) is 11.1 Å². The number of allylic oxidation sites excluding steroid dienone is 2. The summed E-state index contributed by atoms with van der Waals surface area (Å²) in [5, 5.41) is -0.419. The Kier molecular flexibility index (Phi) is 9.01. The monoisotopic (exact) mass is 189 g/mol. The van der Waals surface area contributed by atoms with E-state index >= 15 is 0 Å². The van der Waals surface area contributed by atoms with Crippen molar-refractivity contribution in [1.82, 2.24) is 0 Å². The van der Waals surface area contributed by atoms with E-state index in [0.29, 0.717) is 5.57 Å². The van der Waals surface area contributed by atoms with E-state index in [4.69, 9.17) is 17.3 Å². The van der Waals surface area contributed by atoms with Gasteiger partial charge in [-0.15, -0.1) is 0 Å². The van der Waals surface area contributed by atoms with Crippen LogP contribution in [0.5, 0.6) is 0 Å². The van der Waals surface area contributed by atoms with Crippen molar-refractivity contribution in [3.05, 3.63) is 24.3 Å². The van der Waals surface area contributed by atoms with Crippen LogP contribution >= 0.6 is 11.6 Å². The van der Waals surface area contributed by atoms with Crippen molar-refractivity contribution < 1.29 is 9.59 Å². The highest BCUT2D eigenvalue weighted by molar-refractivity contribution is 6.66. The largest absolute Gasteiger partial charge is 0.366 e. The van der Waals surface area contributed by atoms with Gasteiger partial charge in [0.2, 0.25) is 11.1 Å². The van der Waals surface area contributed by atoms with E-state index in [9.17, 15) is 9.59 Å². The number of hydrogen-bond acceptors (Lipinski definition) is 2. The fourth-order valence-electron chi connectivity index (χ4n) is 0.131. The average Bonchev–Trinajstić information content (AvgIpc) is 1.87. The summed E-state index contributed by atoms with van der Waals surface area (Å²) >= 11 is 4.85. The topological polar surface area (TPSA) is 60.2 Å². The standard InChI is InChI=1S/C4H5ClO.C4H7NO/c1-2-3-4(5)6;1-3(2)4(5)6/h2-3H,1H3;1H2,2H3,(H2,5,6). The van der Waals surface area contributed by atoms with E-state index in [1.165, 1.54) is 6.08 Å². The van der Waals surface area contributed by atoms with E-state index < -0.39 is 11.1 Å². The second-order valence-electron chi connectivity index (χ2n) is 1.95. The van der Waals surface area contributed by atoms with Crippen LogP contribution in [0.2, 0.25) is 0 Å². The Morgan fingerprint density at radius 1 is 1.50 bits per heavy atom. The van der Waals surface area contributed by atoms with Gasteiger partial charge in [0.1, 0.15) is 0 Å². The highest BCUT2D eigenvalue weighted by Crippen LogP contribution is 1.79. The maximum absolute atomic E-state index is 9.82. The molecule has 0 rings (SSSR count). The van der Waals surface area contributed by atoms with Gasteiger partial charge in [-0.2, -0.15) is 0 Å². The molecule has 0 fully saturated rings. The lowest BCUT2D eigenvalue weighted by Gasteiger charge is -1.81. The van der Waals surface area contributed by atoms with E-state index in [0.717, 1.165) is 0 Å². The molecule has 1 amide bonds. The van der Waals surface area contributed by atoms with Crippen LogP contribution in [0.25, 0.3) is 0 Å². The number of carbonyl (C=O) groups excluding carboxylic acids is 2. The average molecular weight is 190 g/mol. The molecule has 0 aromatic carbocycles. The molecule has 0 unspecified atom stereocenters. The molecule has 0 aliphatic carbocycles. The van der Waals surface area contributed by atoms with E-state index in [1.807, 2.05) is 0 Å². The zero-order valence-corrected chi connectivity index (χ0v) is 7.89. The van der Waals surface area contributed by atoms with Crippen LogP contribution in [0.3, 0.4) is 0 Å². The second-order valence-corrected chi connectivity index (χ2v) is 2.32. The Morgan fingerprint density at radius 2 is 1.83 bits per heavy atom. The van der Waals surface area contributed by atoms with Crippen LogP contribution in [-0.2, 0) is 9.59 Å². The zero-order chi connectivity index (χ0) is 10.1. The van der Waals surface area contributed by atoms with Crippen molar-refractivity contribution >= 4 is 22.8 Å². The highest BCUT2D eigenvalue weighted by atomic mass is 35.5. The minimum Gasteiger partial charge on any atom is -0.366 e. The van der Waals surface area contributed by atoms with E-state index in [1.54, 1.807) is 19.9 Å². The highest BCUT2D eigenvalue weighted by Gasteiger charge is 1.86. The van der Waals surface area contributed by atoms with Gasteiger partial charge in [0.15, 0.2) is 0 Å². The molecule has 0 heterocycles. The van der Waals surface area contributed by atoms with Gasteiger partial charge in [-0.1, -0.05) is 12.7 Å². The second kappa shape index (κ2) is 8.01. The van der Waals surface area contributed by atoms with Crippen molar-refractivity contribution in [1.29, 1.82) is 0 Å². The van der Waals surface area contributed by atoms with Crippen molar-refractivity contribution in [3.8, 4) is 0 Å². The molecule has 0 radical (unpaired) electrons. The minimum atomic E-state index is -0.435. The summed E-state index contributed by atoms with van der Waals surface area (Å²) in [6.45, 7) is 6.59. The number of rotatable bonds is 2. The fraction of sp³-hybridized carbons (Fsp3) is 0.250. The van der Waals surface area contributed by atoms with Crippen LogP contribution in [0.15, 0.2) is 24.3 Å². The van der Waals surface area contributed by atoms with Crippen molar-refractivity contribution in [2.24, 2.45) is 5.73 Å². The number of hydrogen-bond donors (Lipinski definition) is 1. The van der Waals surface area contributed by atoms with Gasteiger partial charge in [0, 0.05) is 5.57 Å². The molecule has 68 valence electrons. The normalized spacial score (nSPS) is 8.58. The third-order valence-electron chi connectivity index (χ3n) is 0.718. The Hall–Kier alpha value is -1.09. The number of nitrogens with two attached hydrogens (primary N) is 1. The quantitative estimate of drug-likeness (QED) is 0.527. The molecule has 3 nitrogen and oxygen atoms in total. The van der Waals surface area contributed by atoms with Crippen LogP contribution in [0.4, 0.5) is 0 Å². The lowest BCUT2D eigenvalue weighted by Crippen LogP contribution is -2.10. The summed E-state index contributed by atoms with van der Waals surface area (Å²) in [6.07, 6.45) is 2.89. The first-order valence-corrected chi connectivity index (χ1v) is 3.57. The van der Waals surface area contributed by atoms with Crippen molar-refractivity contribution in [2.75, 3.05) is 0 Å². The zero-order valence-electron chi connectivity index (χ0n) is 7.13. The van der Waals surface area contributed by atoms with E-state index in [2.05, 4.69) is 6.58 Å². The summed E-state index contributed by atoms with van der Waals surface area (Å²) < 4.78 is 0. The fourth-order valence-corrected chi connectivity index (χ4v) is 0.257. The van der Waals surface area contributed by atoms with Gasteiger partial charge in [-0.05, 0) is 31.5 Å². The Bertz CT molecular complexity index is 197. The molecule has 4 heteroatoms. The molecule has 0 saturated heterocycles. The third-order valence-corrected chi connectivity index (χ3v) is 0.844. The van der Waals surface area contributed by atoms with Gasteiger partial charge in [-0.3, -0.25) is 9.59 Å². The molecule has 0 saturated carbocycles. The van der Waals surface area contributed by atoms with Gasteiger partial charge in [-0.25, -0.2) is 0 Å². The molecule has 0 bridgehead atoms. The lowest BCUT2D eigenvalue weighted by atomic mass is 10.3.